The number of fused-ring (bicyclic) bond motifs is 1. The van der Waals surface area contributed by atoms with Crippen LogP contribution in [0.4, 0.5) is 0 Å². The van der Waals surface area contributed by atoms with Gasteiger partial charge in [0.1, 0.15) is 11.9 Å². The van der Waals surface area contributed by atoms with Gasteiger partial charge in [-0.1, -0.05) is 36.4 Å². The minimum absolute atomic E-state index is 0.0108. The third-order valence-electron chi connectivity index (χ3n) is 3.69. The molecule has 0 amide bonds. The fourth-order valence-electron chi connectivity index (χ4n) is 2.71. The molecule has 0 saturated heterocycles. The van der Waals surface area contributed by atoms with E-state index in [0.717, 1.165) is 28.9 Å². The van der Waals surface area contributed by atoms with Gasteiger partial charge in [-0.2, -0.15) is 0 Å². The van der Waals surface area contributed by atoms with Crippen molar-refractivity contribution >= 4 is 0 Å². The Bertz CT molecular complexity index is 597. The van der Waals surface area contributed by atoms with Gasteiger partial charge in [0.15, 0.2) is 0 Å². The standard InChI is InChI=1S/C17H19NO2/c1-19-11-12-5-4-6-13(9-12)17-10-15(18)14-7-2-3-8-16(14)20-17/h2-9,15,17H,10-11,18H2,1H3/t15-,17?/m0/s1. The molecule has 2 aromatic rings. The number of hydrogen-bond acceptors (Lipinski definition) is 3. The zero-order valence-corrected chi connectivity index (χ0v) is 11.6. The van der Waals surface area contributed by atoms with Crippen molar-refractivity contribution in [3.8, 4) is 5.75 Å². The smallest absolute Gasteiger partial charge is 0.126 e. The van der Waals surface area contributed by atoms with E-state index in [1.165, 1.54) is 0 Å². The minimum atomic E-state index is 0.0108. The molecule has 0 spiro atoms. The summed E-state index contributed by atoms with van der Waals surface area (Å²) in [5.74, 6) is 0.897. The van der Waals surface area contributed by atoms with Crippen molar-refractivity contribution in [2.45, 2.75) is 25.2 Å². The summed E-state index contributed by atoms with van der Waals surface area (Å²) in [6.45, 7) is 0.614. The normalized spacial score (nSPS) is 21.1. The van der Waals surface area contributed by atoms with Gasteiger partial charge < -0.3 is 15.2 Å². The molecule has 3 rings (SSSR count). The maximum absolute atomic E-state index is 6.27. The average Bonchev–Trinajstić information content (AvgIpc) is 2.48. The topological polar surface area (TPSA) is 44.5 Å². The average molecular weight is 269 g/mol. The molecule has 2 N–H and O–H groups in total. The first-order valence-corrected chi connectivity index (χ1v) is 6.87. The van der Waals surface area contributed by atoms with Gasteiger partial charge in [-0.05, 0) is 23.3 Å². The molecular formula is C17H19NO2. The molecule has 2 aromatic carbocycles. The Hall–Kier alpha value is -1.84. The van der Waals surface area contributed by atoms with Crippen LogP contribution in [0.5, 0.6) is 5.75 Å². The first kappa shape index (κ1) is 13.2. The molecule has 104 valence electrons. The summed E-state index contributed by atoms with van der Waals surface area (Å²) in [5.41, 5.74) is 9.67. The number of ether oxygens (including phenoxy) is 2. The van der Waals surface area contributed by atoms with Crippen LogP contribution in [-0.2, 0) is 11.3 Å². The molecule has 0 bridgehead atoms. The van der Waals surface area contributed by atoms with E-state index in [4.69, 9.17) is 15.2 Å². The Morgan fingerprint density at radius 1 is 1.20 bits per heavy atom. The summed E-state index contributed by atoms with van der Waals surface area (Å²) in [6.07, 6.45) is 0.810. The van der Waals surface area contributed by atoms with Crippen LogP contribution < -0.4 is 10.5 Å². The Balaban J connectivity index is 1.87. The number of hydrogen-bond donors (Lipinski definition) is 1. The van der Waals surface area contributed by atoms with E-state index in [2.05, 4.69) is 18.2 Å². The number of methoxy groups -OCH3 is 1. The van der Waals surface area contributed by atoms with E-state index < -0.39 is 0 Å². The first-order chi connectivity index (χ1) is 9.78. The maximum Gasteiger partial charge on any atom is 0.126 e. The minimum Gasteiger partial charge on any atom is -0.485 e. The summed E-state index contributed by atoms with van der Waals surface area (Å²) >= 11 is 0. The Morgan fingerprint density at radius 3 is 2.90 bits per heavy atom. The fraction of sp³-hybridized carbons (Fsp3) is 0.294. The van der Waals surface area contributed by atoms with Crippen molar-refractivity contribution in [1.29, 1.82) is 0 Å². The number of benzene rings is 2. The molecule has 1 aliphatic rings. The van der Waals surface area contributed by atoms with Crippen LogP contribution >= 0.6 is 0 Å². The summed E-state index contributed by atoms with van der Waals surface area (Å²) in [4.78, 5) is 0. The predicted octanol–water partition coefficient (Wildman–Crippen LogP) is 3.36. The third-order valence-corrected chi connectivity index (χ3v) is 3.69. The van der Waals surface area contributed by atoms with E-state index in [0.29, 0.717) is 6.61 Å². The van der Waals surface area contributed by atoms with Crippen molar-refractivity contribution in [3.63, 3.8) is 0 Å². The molecule has 0 aliphatic carbocycles. The number of nitrogens with two attached hydrogens (primary N) is 1. The predicted molar refractivity (Wildman–Crippen MR) is 78.5 cm³/mol. The van der Waals surface area contributed by atoms with Crippen molar-refractivity contribution in [2.75, 3.05) is 7.11 Å². The molecule has 3 nitrogen and oxygen atoms in total. The molecule has 1 unspecified atom stereocenters. The number of para-hydroxylation sites is 1. The van der Waals surface area contributed by atoms with Crippen molar-refractivity contribution in [2.24, 2.45) is 5.73 Å². The van der Waals surface area contributed by atoms with Gasteiger partial charge in [-0.25, -0.2) is 0 Å². The van der Waals surface area contributed by atoms with Gasteiger partial charge in [0, 0.05) is 25.1 Å². The second-order valence-corrected chi connectivity index (χ2v) is 5.16. The van der Waals surface area contributed by atoms with Crippen LogP contribution in [0.2, 0.25) is 0 Å². The third kappa shape index (κ3) is 2.55. The van der Waals surface area contributed by atoms with Gasteiger partial charge in [0.05, 0.1) is 6.61 Å². The number of rotatable bonds is 3. The van der Waals surface area contributed by atoms with Gasteiger partial charge in [0.2, 0.25) is 0 Å². The Morgan fingerprint density at radius 2 is 2.05 bits per heavy atom. The molecule has 0 saturated carbocycles. The van der Waals surface area contributed by atoms with E-state index in [1.807, 2.05) is 30.3 Å². The molecule has 20 heavy (non-hydrogen) atoms. The second kappa shape index (κ2) is 5.65. The summed E-state index contributed by atoms with van der Waals surface area (Å²) in [6, 6.07) is 16.4. The van der Waals surface area contributed by atoms with Crippen molar-refractivity contribution in [1.82, 2.24) is 0 Å². The van der Waals surface area contributed by atoms with E-state index in [-0.39, 0.29) is 12.1 Å². The lowest BCUT2D eigenvalue weighted by Crippen LogP contribution is -2.24. The highest BCUT2D eigenvalue weighted by Gasteiger charge is 2.26. The summed E-state index contributed by atoms with van der Waals surface area (Å²) < 4.78 is 11.3. The SMILES string of the molecule is COCc1cccc(C2C[C@H](N)c3ccccc3O2)c1. The Kier molecular flexibility index (Phi) is 3.72. The lowest BCUT2D eigenvalue weighted by Gasteiger charge is -2.30. The monoisotopic (exact) mass is 269 g/mol. The second-order valence-electron chi connectivity index (χ2n) is 5.16. The van der Waals surface area contributed by atoms with E-state index in [9.17, 15) is 0 Å². The highest BCUT2D eigenvalue weighted by atomic mass is 16.5. The van der Waals surface area contributed by atoms with Gasteiger partial charge in [0.25, 0.3) is 0 Å². The zero-order chi connectivity index (χ0) is 13.9. The van der Waals surface area contributed by atoms with Crippen LogP contribution in [0.15, 0.2) is 48.5 Å². The van der Waals surface area contributed by atoms with E-state index >= 15 is 0 Å². The maximum atomic E-state index is 6.27. The largest absolute Gasteiger partial charge is 0.485 e. The molecule has 2 atom stereocenters. The van der Waals surface area contributed by atoms with Gasteiger partial charge in [-0.3, -0.25) is 0 Å². The molecule has 0 radical (unpaired) electrons. The van der Waals surface area contributed by atoms with Crippen LogP contribution in [-0.4, -0.2) is 7.11 Å². The highest BCUT2D eigenvalue weighted by molar-refractivity contribution is 5.39. The van der Waals surface area contributed by atoms with Gasteiger partial charge >= 0.3 is 0 Å². The fourth-order valence-corrected chi connectivity index (χ4v) is 2.71. The van der Waals surface area contributed by atoms with Crippen LogP contribution in [0.1, 0.15) is 35.3 Å². The molecule has 1 heterocycles. The zero-order valence-electron chi connectivity index (χ0n) is 11.6. The van der Waals surface area contributed by atoms with Crippen LogP contribution in [0.3, 0.4) is 0 Å². The van der Waals surface area contributed by atoms with E-state index in [1.54, 1.807) is 7.11 Å². The first-order valence-electron chi connectivity index (χ1n) is 6.87. The quantitative estimate of drug-likeness (QED) is 0.929. The van der Waals surface area contributed by atoms with Gasteiger partial charge in [-0.15, -0.1) is 0 Å². The molecule has 0 aromatic heterocycles. The van der Waals surface area contributed by atoms with Crippen molar-refractivity contribution in [3.05, 3.63) is 65.2 Å². The molecular weight excluding hydrogens is 250 g/mol. The lowest BCUT2D eigenvalue weighted by molar-refractivity contribution is 0.160. The summed E-state index contributed by atoms with van der Waals surface area (Å²) in [7, 11) is 1.70. The molecule has 1 aliphatic heterocycles. The molecule has 0 fully saturated rings. The highest BCUT2D eigenvalue weighted by Crippen LogP contribution is 2.39. The summed E-state index contributed by atoms with van der Waals surface area (Å²) in [5, 5.41) is 0. The van der Waals surface area contributed by atoms with Crippen molar-refractivity contribution < 1.29 is 9.47 Å². The Labute approximate surface area is 119 Å². The van der Waals surface area contributed by atoms with Crippen LogP contribution in [0, 0.1) is 0 Å². The lowest BCUT2D eigenvalue weighted by atomic mass is 9.93. The van der Waals surface area contributed by atoms with Crippen LogP contribution in [0.25, 0.3) is 0 Å². The molecule has 3 heteroatoms.